The Kier molecular flexibility index (Phi) is 11.5. The van der Waals surface area contributed by atoms with Crippen LogP contribution in [0.3, 0.4) is 0 Å². The van der Waals surface area contributed by atoms with Gasteiger partial charge in [0.2, 0.25) is 0 Å². The highest BCUT2D eigenvalue weighted by Crippen LogP contribution is 2.81. The summed E-state index contributed by atoms with van der Waals surface area (Å²) in [4.78, 5) is 0. The van der Waals surface area contributed by atoms with Crippen LogP contribution in [0, 0.1) is 105 Å². The highest BCUT2D eigenvalue weighted by molar-refractivity contribution is 5.28. The van der Waals surface area contributed by atoms with E-state index >= 15 is 0 Å². The predicted octanol–water partition coefficient (Wildman–Crippen LogP) is 13.9. The first kappa shape index (κ1) is 44.6. The molecule has 61 heavy (non-hydrogen) atoms. The molecule has 10 fully saturated rings. The molecule has 8 saturated carbocycles. The quantitative estimate of drug-likeness (QED) is 0.196. The fraction of sp³-hybridized carbons (Fsp3) is 1.00. The molecule has 0 aromatic heterocycles. The highest BCUT2D eigenvalue weighted by Gasteiger charge is 2.83. The number of methoxy groups -OCH3 is 2. The second-order valence-corrected chi connectivity index (χ2v) is 26.6. The van der Waals surface area contributed by atoms with Crippen molar-refractivity contribution in [3.63, 3.8) is 0 Å². The zero-order valence-corrected chi connectivity index (χ0v) is 41.6. The fourth-order valence-electron chi connectivity index (χ4n) is 20.9. The van der Waals surface area contributed by atoms with E-state index in [-0.39, 0.29) is 58.7 Å². The van der Waals surface area contributed by atoms with Crippen LogP contribution >= 0.6 is 0 Å². The molecule has 0 aromatic rings. The van der Waals surface area contributed by atoms with Crippen LogP contribution in [0.2, 0.25) is 0 Å². The maximum Gasteiger partial charge on any atom is 0.167 e. The van der Waals surface area contributed by atoms with E-state index in [1.54, 1.807) is 0 Å². The molecule has 2 saturated heterocycles. The summed E-state index contributed by atoms with van der Waals surface area (Å²) in [7, 11) is 3.96. The Hall–Kier alpha value is -0.200. The Morgan fingerprint density at radius 1 is 0.492 bits per heavy atom. The lowest BCUT2D eigenvalue weighted by Gasteiger charge is -2.65. The summed E-state index contributed by atoms with van der Waals surface area (Å²) < 4.78 is 37.3. The summed E-state index contributed by atoms with van der Waals surface area (Å²) in [5.41, 5.74) is 0.452. The van der Waals surface area contributed by atoms with E-state index in [2.05, 4.69) is 69.2 Å². The van der Waals surface area contributed by atoms with Gasteiger partial charge in [-0.15, -0.1) is 0 Å². The van der Waals surface area contributed by atoms with Crippen LogP contribution in [0.25, 0.3) is 0 Å². The molecule has 5 heteroatoms. The molecule has 2 spiro atoms. The summed E-state index contributed by atoms with van der Waals surface area (Å²) in [6.45, 7) is 25.9. The lowest BCUT2D eigenvalue weighted by molar-refractivity contribution is -0.467. The first-order chi connectivity index (χ1) is 29.0. The number of hydrogen-bond donors (Lipinski definition) is 0. The minimum Gasteiger partial charge on any atom is -0.381 e. The Balaban J connectivity index is 1.03. The molecule has 2 heterocycles. The van der Waals surface area contributed by atoms with Crippen molar-refractivity contribution in [2.45, 2.75) is 234 Å². The summed E-state index contributed by atoms with van der Waals surface area (Å²) >= 11 is 0. The van der Waals surface area contributed by atoms with Gasteiger partial charge in [-0.3, -0.25) is 0 Å². The maximum absolute atomic E-state index is 8.36. The summed E-state index contributed by atoms with van der Waals surface area (Å²) in [5.74, 6) is 9.27. The molecule has 8 aliphatic carbocycles. The van der Waals surface area contributed by atoms with Gasteiger partial charge in [0.25, 0.3) is 0 Å². The molecule has 0 unspecified atom stereocenters. The van der Waals surface area contributed by atoms with Gasteiger partial charge in [0.05, 0.1) is 23.4 Å². The van der Waals surface area contributed by atoms with E-state index in [1.807, 2.05) is 14.2 Å². The molecule has 2 bridgehead atoms. The SMILES string of the molecule is CO[C@H]1CC[C@]2(C)[C@H]3CC[C@]4(C)[C@@H]([C@H](C)CCCC(C)C)CC[C@H]4[C@@H]3[C@H]3[C@@H]4O[C@H](O[C@]32C1)[C@@H]1[C@H]2[C@@H]3CC[C@H]([C@H](C)CCCC(C)C)[C@@]3(C)CC[C@@H]2[C@@]2(C)CC[C@H](OC)C[C@@]12O4. The van der Waals surface area contributed by atoms with Gasteiger partial charge in [0, 0.05) is 49.7 Å². The van der Waals surface area contributed by atoms with Crippen LogP contribution < -0.4 is 0 Å². The molecule has 2 aliphatic heterocycles. The fourth-order valence-corrected chi connectivity index (χ4v) is 20.9. The van der Waals surface area contributed by atoms with E-state index in [4.69, 9.17) is 23.7 Å². The largest absolute Gasteiger partial charge is 0.381 e. The Labute approximate surface area is 374 Å². The van der Waals surface area contributed by atoms with Gasteiger partial charge in [-0.2, -0.15) is 0 Å². The zero-order valence-electron chi connectivity index (χ0n) is 41.6. The van der Waals surface area contributed by atoms with Crippen LogP contribution in [0.15, 0.2) is 0 Å². The standard InChI is InChI=1S/C56H94O5/c1-33(2)15-13-17-35(5)39-19-21-41-45-43(25-27-51(39,41)7)53(9)29-23-37(57-11)31-55(53)47(45)49-59-50(61-55)48-46-42-22-20-40(36(6)18-14-16-34(3)4)52(42,8)28-26-44(46)54(10)30-24-38(58-12)32-56(48,54)60-49/h33-50H,13-32H2,1-12H3/t35-,36-,37+,38+,39-,40-,41+,42+,43+,44+,45+,46+,47+,48+,49-,50-,51-,52-,53-,54-,55-,56-/m1/s1. The Bertz CT molecular complexity index is 1480. The normalized spacial score (nSPS) is 55.2. The molecular formula is C56H94O5. The first-order valence-electron chi connectivity index (χ1n) is 27.1. The van der Waals surface area contributed by atoms with Crippen molar-refractivity contribution in [1.82, 2.24) is 0 Å². The molecule has 0 N–H and O–H groups in total. The van der Waals surface area contributed by atoms with Gasteiger partial charge in [0.1, 0.15) is 0 Å². The number of fused-ring (bicyclic) bond motifs is 14. The number of rotatable bonds is 12. The topological polar surface area (TPSA) is 46.2 Å². The van der Waals surface area contributed by atoms with Crippen molar-refractivity contribution >= 4 is 0 Å². The molecule has 10 aliphatic rings. The molecule has 5 nitrogen and oxygen atoms in total. The summed E-state index contributed by atoms with van der Waals surface area (Å²) in [6.07, 6.45) is 26.2. The monoisotopic (exact) mass is 847 g/mol. The van der Waals surface area contributed by atoms with E-state index in [9.17, 15) is 0 Å². The molecule has 348 valence electrons. The van der Waals surface area contributed by atoms with Gasteiger partial charge in [-0.25, -0.2) is 0 Å². The van der Waals surface area contributed by atoms with Gasteiger partial charge >= 0.3 is 0 Å². The molecule has 0 amide bonds. The zero-order chi connectivity index (χ0) is 43.1. The second-order valence-electron chi connectivity index (χ2n) is 26.6. The van der Waals surface area contributed by atoms with E-state index in [1.165, 1.54) is 103 Å². The Morgan fingerprint density at radius 3 is 1.28 bits per heavy atom. The lowest BCUT2D eigenvalue weighted by atomic mass is 9.53. The van der Waals surface area contributed by atoms with Gasteiger partial charge in [-0.1, -0.05) is 108 Å². The first-order valence-corrected chi connectivity index (χ1v) is 27.1. The second kappa shape index (κ2) is 15.7. The molecule has 22 atom stereocenters. The van der Waals surface area contributed by atoms with Crippen molar-refractivity contribution in [2.24, 2.45) is 105 Å². The van der Waals surface area contributed by atoms with E-state index in [0.717, 1.165) is 61.2 Å². The Morgan fingerprint density at radius 2 is 0.902 bits per heavy atom. The highest BCUT2D eigenvalue weighted by atomic mass is 16.8. The van der Waals surface area contributed by atoms with Crippen LogP contribution in [0.4, 0.5) is 0 Å². The van der Waals surface area contributed by atoms with E-state index in [0.29, 0.717) is 46.3 Å². The summed E-state index contributed by atoms with van der Waals surface area (Å²) in [6, 6.07) is 0. The summed E-state index contributed by atoms with van der Waals surface area (Å²) in [5, 5.41) is 0. The minimum atomic E-state index is -0.270. The molecular weight excluding hydrogens is 753 g/mol. The van der Waals surface area contributed by atoms with Crippen LogP contribution in [-0.2, 0) is 23.7 Å². The van der Waals surface area contributed by atoms with Gasteiger partial charge in [0.15, 0.2) is 12.6 Å². The van der Waals surface area contributed by atoms with Crippen LogP contribution in [-0.4, -0.2) is 50.2 Å². The minimum absolute atomic E-state index is 0.113. The average molecular weight is 847 g/mol. The third-order valence-electron chi connectivity index (χ3n) is 23.8. The van der Waals surface area contributed by atoms with Crippen molar-refractivity contribution in [3.05, 3.63) is 0 Å². The molecule has 0 radical (unpaired) electrons. The number of hydrogen-bond acceptors (Lipinski definition) is 5. The van der Waals surface area contributed by atoms with Crippen molar-refractivity contribution in [1.29, 1.82) is 0 Å². The number of ether oxygens (including phenoxy) is 5. The smallest absolute Gasteiger partial charge is 0.167 e. The lowest BCUT2D eigenvalue weighted by Crippen LogP contribution is -2.72. The third kappa shape index (κ3) is 6.18. The van der Waals surface area contributed by atoms with Crippen molar-refractivity contribution < 1.29 is 23.7 Å². The average Bonchev–Trinajstić information content (AvgIpc) is 3.89. The predicted molar refractivity (Wildman–Crippen MR) is 246 cm³/mol. The van der Waals surface area contributed by atoms with E-state index < -0.39 is 0 Å². The molecule has 10 rings (SSSR count). The van der Waals surface area contributed by atoms with Crippen LogP contribution in [0.1, 0.15) is 198 Å². The maximum atomic E-state index is 8.36. The van der Waals surface area contributed by atoms with Gasteiger partial charge < -0.3 is 23.7 Å². The van der Waals surface area contributed by atoms with Gasteiger partial charge in [-0.05, 0) is 159 Å². The third-order valence-corrected chi connectivity index (χ3v) is 23.8. The molecule has 0 aromatic carbocycles. The van der Waals surface area contributed by atoms with Crippen LogP contribution in [0.5, 0.6) is 0 Å². The van der Waals surface area contributed by atoms with Crippen molar-refractivity contribution in [2.75, 3.05) is 14.2 Å². The van der Waals surface area contributed by atoms with Crippen molar-refractivity contribution in [3.8, 4) is 0 Å².